The van der Waals surface area contributed by atoms with Crippen LogP contribution in [0.1, 0.15) is 31.8 Å². The number of carboxylic acid groups (broad SMARTS) is 1. The summed E-state index contributed by atoms with van der Waals surface area (Å²) in [6.07, 6.45) is 6.63. The number of primary amides is 1. The molecule has 0 radical (unpaired) electrons. The normalized spacial score (nSPS) is 9.80. The number of nitrogens with zero attached hydrogens (tertiary/aromatic N) is 2. The van der Waals surface area contributed by atoms with E-state index in [0.29, 0.717) is 30.0 Å². The fourth-order valence-corrected chi connectivity index (χ4v) is 3.13. The first-order chi connectivity index (χ1) is 19.3. The number of aromatic carboxylic acids is 1. The molecule has 0 atom stereocenters. The van der Waals surface area contributed by atoms with Crippen molar-refractivity contribution in [3.8, 4) is 0 Å². The minimum Gasteiger partial charge on any atom is -0.478 e. The van der Waals surface area contributed by atoms with E-state index in [4.69, 9.17) is 10.8 Å². The average Bonchev–Trinajstić information content (AvgIpc) is 2.97. The van der Waals surface area contributed by atoms with Crippen LogP contribution in [0.4, 0.5) is 21.0 Å². The quantitative estimate of drug-likeness (QED) is 0.196. The van der Waals surface area contributed by atoms with Gasteiger partial charge in [0.25, 0.3) is 0 Å². The van der Waals surface area contributed by atoms with Crippen LogP contribution in [0.5, 0.6) is 0 Å². The third kappa shape index (κ3) is 9.94. The summed E-state index contributed by atoms with van der Waals surface area (Å²) in [4.78, 5) is 52.7. The Hall–Kier alpha value is -5.78. The van der Waals surface area contributed by atoms with Crippen molar-refractivity contribution in [1.82, 2.24) is 20.6 Å². The third-order valence-electron chi connectivity index (χ3n) is 5.22. The lowest BCUT2D eigenvalue weighted by atomic mass is 10.2. The number of urea groups is 2. The van der Waals surface area contributed by atoms with Crippen LogP contribution in [0.3, 0.4) is 0 Å². The lowest BCUT2D eigenvalue weighted by molar-refractivity contribution is 0.0696. The second kappa shape index (κ2) is 14.8. The highest BCUT2D eigenvalue weighted by Crippen LogP contribution is 2.10. The van der Waals surface area contributed by atoms with Gasteiger partial charge in [-0.2, -0.15) is 0 Å². The summed E-state index contributed by atoms with van der Waals surface area (Å²) in [5.74, 6) is -1.50. The van der Waals surface area contributed by atoms with E-state index in [-0.39, 0.29) is 17.6 Å². The van der Waals surface area contributed by atoms with Crippen LogP contribution in [-0.2, 0) is 13.1 Å². The molecule has 0 saturated heterocycles. The SMILES string of the molecule is NC(=O)c1ccc(NC(=O)NCc2ccncc2)cc1.O=C(NCc1ccncc1)Nc1ccc(C(=O)O)cc1. The van der Waals surface area contributed by atoms with Gasteiger partial charge in [-0.15, -0.1) is 0 Å². The summed E-state index contributed by atoms with van der Waals surface area (Å²) in [6, 6.07) is 18.9. The maximum absolute atomic E-state index is 11.7. The highest BCUT2D eigenvalue weighted by molar-refractivity contribution is 5.94. The van der Waals surface area contributed by atoms with Crippen molar-refractivity contribution in [2.75, 3.05) is 10.6 Å². The van der Waals surface area contributed by atoms with Crippen LogP contribution in [0.25, 0.3) is 0 Å². The van der Waals surface area contributed by atoms with Gasteiger partial charge in [0.1, 0.15) is 0 Å². The molecule has 2 heterocycles. The highest BCUT2D eigenvalue weighted by Gasteiger charge is 2.05. The van der Waals surface area contributed by atoms with Crippen molar-refractivity contribution >= 4 is 35.3 Å². The number of benzene rings is 2. The Kier molecular flexibility index (Phi) is 10.7. The topological polar surface area (TPSA) is 188 Å². The highest BCUT2D eigenvalue weighted by atomic mass is 16.4. The van der Waals surface area contributed by atoms with Gasteiger partial charge < -0.3 is 32.1 Å². The summed E-state index contributed by atoms with van der Waals surface area (Å²) in [5.41, 5.74) is 8.72. The van der Waals surface area contributed by atoms with Crippen LogP contribution in [0, 0.1) is 0 Å². The minimum atomic E-state index is -1.00. The molecule has 7 N–H and O–H groups in total. The molecule has 2 aromatic heterocycles. The molecule has 0 aliphatic heterocycles. The van der Waals surface area contributed by atoms with Crippen LogP contribution in [0.2, 0.25) is 0 Å². The zero-order valence-corrected chi connectivity index (χ0v) is 21.2. The van der Waals surface area contributed by atoms with Crippen molar-refractivity contribution in [3.05, 3.63) is 120 Å². The fraction of sp³-hybridized carbons (Fsp3) is 0.0714. The van der Waals surface area contributed by atoms with Crippen LogP contribution in [-0.4, -0.2) is 39.0 Å². The van der Waals surface area contributed by atoms with Gasteiger partial charge in [0, 0.05) is 54.8 Å². The Labute approximate surface area is 229 Å². The van der Waals surface area contributed by atoms with Crippen molar-refractivity contribution < 1.29 is 24.3 Å². The van der Waals surface area contributed by atoms with E-state index in [1.54, 1.807) is 49.1 Å². The first-order valence-electron chi connectivity index (χ1n) is 11.9. The van der Waals surface area contributed by atoms with Gasteiger partial charge in [-0.1, -0.05) is 0 Å². The molecule has 0 aliphatic carbocycles. The molecule has 5 amide bonds. The number of carbonyl (C=O) groups is 4. The Morgan fingerprint density at radius 1 is 0.600 bits per heavy atom. The lowest BCUT2D eigenvalue weighted by Crippen LogP contribution is -2.28. The third-order valence-corrected chi connectivity index (χ3v) is 5.22. The molecule has 204 valence electrons. The molecule has 2 aromatic carbocycles. The fourth-order valence-electron chi connectivity index (χ4n) is 3.13. The Morgan fingerprint density at radius 3 is 1.32 bits per heavy atom. The summed E-state index contributed by atoms with van der Waals surface area (Å²) in [5, 5.41) is 19.4. The molecule has 0 aliphatic rings. The van der Waals surface area contributed by atoms with Crippen LogP contribution < -0.4 is 27.0 Å². The molecule has 0 spiro atoms. The molecule has 12 heteroatoms. The van der Waals surface area contributed by atoms with E-state index in [9.17, 15) is 19.2 Å². The average molecular weight is 542 g/mol. The van der Waals surface area contributed by atoms with Gasteiger partial charge >= 0.3 is 18.0 Å². The first kappa shape index (κ1) is 28.8. The standard InChI is InChI=1S/C14H14N4O2.C14H13N3O3/c15-13(19)11-1-3-12(4-2-11)18-14(20)17-9-10-5-7-16-8-6-10;18-13(19)11-1-3-12(4-2-11)17-14(20)16-9-10-5-7-15-8-6-10/h1-8H,9H2,(H2,15,19)(H2,17,18,20);1-8H,9H2,(H,18,19)(H2,16,17,20). The summed E-state index contributed by atoms with van der Waals surface area (Å²) in [7, 11) is 0. The number of hydrogen-bond donors (Lipinski definition) is 6. The van der Waals surface area contributed by atoms with E-state index >= 15 is 0 Å². The van der Waals surface area contributed by atoms with Gasteiger partial charge in [0.2, 0.25) is 5.91 Å². The number of rotatable bonds is 8. The molecule has 12 nitrogen and oxygen atoms in total. The second-order valence-electron chi connectivity index (χ2n) is 8.15. The zero-order valence-electron chi connectivity index (χ0n) is 21.2. The number of carbonyl (C=O) groups excluding carboxylic acids is 3. The molecule has 4 rings (SSSR count). The molecule has 0 unspecified atom stereocenters. The largest absolute Gasteiger partial charge is 0.478 e. The van der Waals surface area contributed by atoms with Crippen LogP contribution >= 0.6 is 0 Å². The number of hydrogen-bond acceptors (Lipinski definition) is 6. The summed E-state index contributed by atoms with van der Waals surface area (Å²) >= 11 is 0. The number of nitrogens with one attached hydrogen (secondary N) is 4. The van der Waals surface area contributed by atoms with E-state index < -0.39 is 11.9 Å². The Bertz CT molecular complexity index is 1300. The van der Waals surface area contributed by atoms with Gasteiger partial charge in [-0.05, 0) is 83.9 Å². The predicted octanol–water partition coefficient (Wildman–Crippen LogP) is 3.60. The maximum atomic E-state index is 11.7. The zero-order chi connectivity index (χ0) is 28.7. The van der Waals surface area contributed by atoms with Crippen LogP contribution in [0.15, 0.2) is 97.6 Å². The minimum absolute atomic E-state index is 0.174. The van der Waals surface area contributed by atoms with Crippen molar-refractivity contribution in [2.45, 2.75) is 13.1 Å². The van der Waals surface area contributed by atoms with E-state index in [2.05, 4.69) is 31.2 Å². The van der Waals surface area contributed by atoms with E-state index in [1.165, 1.54) is 24.3 Å². The lowest BCUT2D eigenvalue weighted by Gasteiger charge is -2.07. The van der Waals surface area contributed by atoms with Gasteiger partial charge in [0.15, 0.2) is 0 Å². The molecule has 4 aromatic rings. The van der Waals surface area contributed by atoms with E-state index in [0.717, 1.165) is 11.1 Å². The smallest absolute Gasteiger partial charge is 0.335 e. The Balaban J connectivity index is 0.000000220. The maximum Gasteiger partial charge on any atom is 0.335 e. The number of anilines is 2. The monoisotopic (exact) mass is 541 g/mol. The predicted molar refractivity (Wildman–Crippen MR) is 149 cm³/mol. The number of nitrogens with two attached hydrogens (primary N) is 1. The van der Waals surface area contributed by atoms with Gasteiger partial charge in [-0.25, -0.2) is 14.4 Å². The molecule has 0 saturated carbocycles. The van der Waals surface area contributed by atoms with Crippen molar-refractivity contribution in [3.63, 3.8) is 0 Å². The van der Waals surface area contributed by atoms with Gasteiger partial charge in [-0.3, -0.25) is 14.8 Å². The van der Waals surface area contributed by atoms with Gasteiger partial charge in [0.05, 0.1) is 5.56 Å². The van der Waals surface area contributed by atoms with Crippen molar-refractivity contribution in [2.24, 2.45) is 5.73 Å². The second-order valence-corrected chi connectivity index (χ2v) is 8.15. The molecular weight excluding hydrogens is 514 g/mol. The number of aromatic nitrogens is 2. The number of carboxylic acids is 1. The molecular formula is C28H27N7O5. The molecule has 0 fully saturated rings. The Morgan fingerprint density at radius 2 is 0.975 bits per heavy atom. The number of pyridine rings is 2. The van der Waals surface area contributed by atoms with Crippen molar-refractivity contribution in [1.29, 1.82) is 0 Å². The summed E-state index contributed by atoms with van der Waals surface area (Å²) in [6.45, 7) is 0.801. The molecule has 40 heavy (non-hydrogen) atoms. The first-order valence-corrected chi connectivity index (χ1v) is 11.9. The molecule has 0 bridgehead atoms. The summed E-state index contributed by atoms with van der Waals surface area (Å²) < 4.78 is 0. The number of amides is 5. The van der Waals surface area contributed by atoms with E-state index in [1.807, 2.05) is 24.3 Å².